The summed E-state index contributed by atoms with van der Waals surface area (Å²) in [4.78, 5) is 19.9. The van der Waals surface area contributed by atoms with Gasteiger partial charge in [-0.15, -0.1) is 0 Å². The van der Waals surface area contributed by atoms with Gasteiger partial charge in [0.2, 0.25) is 0 Å². The third-order valence-corrected chi connectivity index (χ3v) is 2.49. The zero-order valence-corrected chi connectivity index (χ0v) is 15.1. The van der Waals surface area contributed by atoms with Gasteiger partial charge in [0, 0.05) is 12.8 Å². The first-order chi connectivity index (χ1) is 8.54. The van der Waals surface area contributed by atoms with E-state index in [4.69, 9.17) is 10.2 Å². The third kappa shape index (κ3) is 31.9. The molecule has 0 radical (unpaired) electrons. The molecule has 5 heteroatoms. The van der Waals surface area contributed by atoms with Crippen molar-refractivity contribution < 1.29 is 19.8 Å². The predicted octanol–water partition coefficient (Wildman–Crippen LogP) is 3.17. The van der Waals surface area contributed by atoms with Crippen LogP contribution in [0, 0.1) is 0 Å². The summed E-state index contributed by atoms with van der Waals surface area (Å²) in [6, 6.07) is 0. The van der Waals surface area contributed by atoms with Gasteiger partial charge in [-0.25, -0.2) is 0 Å². The molecule has 0 amide bonds. The van der Waals surface area contributed by atoms with Crippen molar-refractivity contribution in [2.24, 2.45) is 0 Å². The van der Waals surface area contributed by atoms with Crippen LogP contribution < -0.4 is 0 Å². The van der Waals surface area contributed by atoms with E-state index in [0.717, 1.165) is 38.5 Å². The van der Waals surface area contributed by atoms with Crippen LogP contribution in [0.4, 0.5) is 0 Å². The number of carbonyl (C=O) groups is 2. The molecule has 0 heterocycles. The Morgan fingerprint density at radius 2 is 1.00 bits per heavy atom. The molecule has 0 fully saturated rings. The molecule has 116 valence electrons. The molecule has 0 saturated carbocycles. The van der Waals surface area contributed by atoms with E-state index in [9.17, 15) is 9.59 Å². The second-order valence-electron chi connectivity index (χ2n) is 4.41. The van der Waals surface area contributed by atoms with E-state index in [0.29, 0.717) is 12.8 Å². The van der Waals surface area contributed by atoms with Crippen LogP contribution in [0.3, 0.4) is 0 Å². The van der Waals surface area contributed by atoms with E-state index in [1.165, 1.54) is 12.8 Å². The van der Waals surface area contributed by atoms with Gasteiger partial charge in [0.15, 0.2) is 0 Å². The van der Waals surface area contributed by atoms with Gasteiger partial charge in [0.25, 0.3) is 0 Å². The van der Waals surface area contributed by atoms with Crippen molar-refractivity contribution in [3.8, 4) is 0 Å². The molecule has 2 N–H and O–H groups in total. The van der Waals surface area contributed by atoms with Crippen LogP contribution in [0.5, 0.6) is 0 Å². The monoisotopic (exact) mass is 392 g/mol. The molecule has 0 spiro atoms. The van der Waals surface area contributed by atoms with Gasteiger partial charge < -0.3 is 10.2 Å². The van der Waals surface area contributed by atoms with E-state index in [1.54, 1.807) is 0 Å². The van der Waals surface area contributed by atoms with Crippen molar-refractivity contribution in [3.63, 3.8) is 0 Å². The third-order valence-electron chi connectivity index (χ3n) is 2.49. The van der Waals surface area contributed by atoms with Gasteiger partial charge in [-0.05, 0) is 12.8 Å². The summed E-state index contributed by atoms with van der Waals surface area (Å²) in [5.41, 5.74) is 0. The van der Waals surface area contributed by atoms with E-state index in [2.05, 4.69) is 13.8 Å². The van der Waals surface area contributed by atoms with Gasteiger partial charge in [-0.2, -0.15) is 0 Å². The number of hydrogen-bond acceptors (Lipinski definition) is 2. The normalized spacial score (nSPS) is 8.95. The van der Waals surface area contributed by atoms with Crippen molar-refractivity contribution in [2.75, 3.05) is 0 Å². The van der Waals surface area contributed by atoms with Gasteiger partial charge in [-0.1, -0.05) is 52.4 Å². The maximum atomic E-state index is 9.96. The van der Waals surface area contributed by atoms with Crippen molar-refractivity contribution in [1.82, 2.24) is 0 Å². The summed E-state index contributed by atoms with van der Waals surface area (Å²) in [7, 11) is 0. The molecule has 0 atom stereocenters. The summed E-state index contributed by atoms with van der Waals surface area (Å²) in [5, 5.41) is 16.4. The van der Waals surface area contributed by atoms with Crippen molar-refractivity contribution >= 4 is 35.6 Å². The number of carboxylic acids is 2. The van der Waals surface area contributed by atoms with Crippen molar-refractivity contribution in [1.29, 1.82) is 0 Å². The Morgan fingerprint density at radius 3 is 1.21 bits per heavy atom. The van der Waals surface area contributed by atoms with Crippen LogP contribution in [-0.4, -0.2) is 45.8 Å². The molecule has 0 aliphatic rings. The van der Waals surface area contributed by atoms with Crippen LogP contribution in [0.25, 0.3) is 0 Å². The Labute approximate surface area is 133 Å². The standard InChI is InChI=1S/2C7H14O2.H2Te/c2*1-2-3-4-5-6-7(8)9;/h2*2-6H2,1H3,(H,8,9);1H2. The molecule has 0 bridgehead atoms. The summed E-state index contributed by atoms with van der Waals surface area (Å²) in [6.07, 6.45) is 9.11. The number of hydrogen-bond donors (Lipinski definition) is 2. The second kappa shape index (κ2) is 20.1. The Kier molecular flexibility index (Phi) is 25.1. The average Bonchev–Trinajstić information content (AvgIpc) is 2.31. The molecule has 0 rings (SSSR count). The fraction of sp³-hybridized carbons (Fsp3) is 0.857. The first-order valence-electron chi connectivity index (χ1n) is 6.98. The zero-order chi connectivity index (χ0) is 14.2. The fourth-order valence-electron chi connectivity index (χ4n) is 1.41. The average molecular weight is 390 g/mol. The number of rotatable bonds is 10. The van der Waals surface area contributed by atoms with Crippen LogP contribution in [-0.2, 0) is 9.59 Å². The quantitative estimate of drug-likeness (QED) is 0.444. The summed E-state index contributed by atoms with van der Waals surface area (Å²) in [5.74, 6) is -1.35. The summed E-state index contributed by atoms with van der Waals surface area (Å²) in [6.45, 7) is 4.22. The van der Waals surface area contributed by atoms with Crippen molar-refractivity contribution in [3.05, 3.63) is 0 Å². The topological polar surface area (TPSA) is 74.6 Å². The number of unbranched alkanes of at least 4 members (excludes halogenated alkanes) is 6. The predicted molar refractivity (Wildman–Crippen MR) is 81.3 cm³/mol. The van der Waals surface area contributed by atoms with E-state index in [-0.39, 0.29) is 23.7 Å². The fourth-order valence-corrected chi connectivity index (χ4v) is 1.41. The number of aliphatic carboxylic acids is 2. The molecular formula is C14H30O4Te. The van der Waals surface area contributed by atoms with Gasteiger partial charge >= 0.3 is 35.6 Å². The van der Waals surface area contributed by atoms with Crippen LogP contribution in [0.2, 0.25) is 0 Å². The summed E-state index contributed by atoms with van der Waals surface area (Å²) < 4.78 is 0. The van der Waals surface area contributed by atoms with Crippen LogP contribution in [0.1, 0.15) is 78.1 Å². The molecule has 0 aromatic carbocycles. The minimum atomic E-state index is -0.675. The maximum absolute atomic E-state index is 9.96. The Balaban J connectivity index is -0.000000256. The Morgan fingerprint density at radius 1 is 0.684 bits per heavy atom. The first-order valence-corrected chi connectivity index (χ1v) is 6.98. The molecule has 0 aromatic heterocycles. The Hall–Kier alpha value is -0.270. The second-order valence-corrected chi connectivity index (χ2v) is 4.41. The minimum absolute atomic E-state index is 0. The van der Waals surface area contributed by atoms with Crippen LogP contribution >= 0.6 is 0 Å². The molecule has 0 aromatic rings. The van der Waals surface area contributed by atoms with E-state index >= 15 is 0 Å². The number of carboxylic acid groups (broad SMARTS) is 2. The van der Waals surface area contributed by atoms with E-state index < -0.39 is 11.9 Å². The molecule has 4 nitrogen and oxygen atoms in total. The molecular weight excluding hydrogens is 360 g/mol. The molecule has 0 saturated heterocycles. The van der Waals surface area contributed by atoms with Gasteiger partial charge in [-0.3, -0.25) is 9.59 Å². The molecule has 0 aliphatic carbocycles. The molecule has 0 unspecified atom stereocenters. The van der Waals surface area contributed by atoms with Crippen molar-refractivity contribution in [2.45, 2.75) is 78.1 Å². The van der Waals surface area contributed by atoms with E-state index in [1.807, 2.05) is 0 Å². The summed E-state index contributed by atoms with van der Waals surface area (Å²) >= 11 is 0. The van der Waals surface area contributed by atoms with Crippen LogP contribution in [0.15, 0.2) is 0 Å². The SMILES string of the molecule is CCCCCCC(=O)O.CCCCCCC(=O)O.[TeH2]. The van der Waals surface area contributed by atoms with Gasteiger partial charge in [0.1, 0.15) is 0 Å². The molecule has 0 aliphatic heterocycles. The molecule has 19 heavy (non-hydrogen) atoms. The first kappa shape index (κ1) is 23.8. The zero-order valence-electron chi connectivity index (χ0n) is 12.3. The Bertz CT molecular complexity index is 186. The van der Waals surface area contributed by atoms with Gasteiger partial charge in [0.05, 0.1) is 0 Å².